The summed E-state index contributed by atoms with van der Waals surface area (Å²) in [4.78, 5) is 20.2. The normalized spacial score (nSPS) is 21.2. The average Bonchev–Trinajstić information content (AvgIpc) is 2.78. The van der Waals surface area contributed by atoms with Gasteiger partial charge < -0.3 is 9.88 Å². The van der Waals surface area contributed by atoms with Gasteiger partial charge in [0.25, 0.3) is 0 Å². The van der Waals surface area contributed by atoms with Crippen LogP contribution in [0.2, 0.25) is 0 Å². The van der Waals surface area contributed by atoms with Gasteiger partial charge in [-0.2, -0.15) is 0 Å². The molecule has 1 fully saturated rings. The Morgan fingerprint density at radius 3 is 3.21 bits per heavy atom. The molecule has 14 heavy (non-hydrogen) atoms. The van der Waals surface area contributed by atoms with Gasteiger partial charge in [0.2, 0.25) is 5.91 Å². The highest BCUT2D eigenvalue weighted by atomic mass is 16.2. The predicted molar refractivity (Wildman–Crippen MR) is 50.9 cm³/mol. The van der Waals surface area contributed by atoms with Crippen molar-refractivity contribution in [1.82, 2.24) is 14.9 Å². The first-order chi connectivity index (χ1) is 6.79. The quantitative estimate of drug-likeness (QED) is 0.684. The molecule has 72 valence electrons. The molecule has 4 heteroatoms. The summed E-state index contributed by atoms with van der Waals surface area (Å²) in [5, 5.41) is 0. The number of hydrogen-bond donors (Lipinski definition) is 1. The second-order valence-corrected chi connectivity index (χ2v) is 3.38. The number of aromatic nitrogens is 2. The molecule has 0 saturated carbocycles. The fraction of sp³-hybridized carbons (Fsp3) is 0.400. The van der Waals surface area contributed by atoms with E-state index in [9.17, 15) is 4.79 Å². The zero-order valence-electron chi connectivity index (χ0n) is 7.73. The maximum Gasteiger partial charge on any atom is 0.224 e. The van der Waals surface area contributed by atoms with Gasteiger partial charge in [-0.3, -0.25) is 4.79 Å². The van der Waals surface area contributed by atoms with Crippen LogP contribution in [0.1, 0.15) is 12.2 Å². The van der Waals surface area contributed by atoms with Crippen molar-refractivity contribution >= 4 is 5.91 Å². The van der Waals surface area contributed by atoms with Crippen LogP contribution in [0, 0.1) is 18.3 Å². The summed E-state index contributed by atoms with van der Waals surface area (Å²) in [5.74, 6) is 3.59. The van der Waals surface area contributed by atoms with E-state index in [1.165, 1.54) is 0 Å². The van der Waals surface area contributed by atoms with Gasteiger partial charge in [0, 0.05) is 31.3 Å². The van der Waals surface area contributed by atoms with Crippen LogP contribution < -0.4 is 0 Å². The van der Waals surface area contributed by atoms with Crippen LogP contribution in [0.4, 0.5) is 0 Å². The van der Waals surface area contributed by atoms with E-state index in [4.69, 9.17) is 6.42 Å². The molecule has 4 nitrogen and oxygen atoms in total. The Bertz CT molecular complexity index is 363. The molecule has 1 aliphatic heterocycles. The standard InChI is InChI=1S/C10H11N3O/c1-2-8-5-10(14)13(6-8)7-9-11-3-4-12-9/h1,3-4,8H,5-7H2,(H,11,12). The van der Waals surface area contributed by atoms with Crippen molar-refractivity contribution in [3.63, 3.8) is 0 Å². The van der Waals surface area contributed by atoms with Crippen LogP contribution in [0.5, 0.6) is 0 Å². The lowest BCUT2D eigenvalue weighted by atomic mass is 10.1. The number of likely N-dealkylation sites (tertiary alicyclic amines) is 1. The number of rotatable bonds is 2. The number of terminal acetylenes is 1. The van der Waals surface area contributed by atoms with E-state index >= 15 is 0 Å². The minimum Gasteiger partial charge on any atom is -0.347 e. The maximum absolute atomic E-state index is 11.5. The molecular weight excluding hydrogens is 178 g/mol. The van der Waals surface area contributed by atoms with E-state index < -0.39 is 0 Å². The minimum absolute atomic E-state index is 0.0671. The molecule has 0 aromatic carbocycles. The molecule has 0 aliphatic carbocycles. The smallest absolute Gasteiger partial charge is 0.224 e. The molecule has 2 rings (SSSR count). The Morgan fingerprint density at radius 2 is 2.64 bits per heavy atom. The molecular formula is C10H11N3O. The summed E-state index contributed by atoms with van der Waals surface area (Å²) in [6, 6.07) is 0. The van der Waals surface area contributed by atoms with E-state index in [1.807, 2.05) is 0 Å². The highest BCUT2D eigenvalue weighted by Gasteiger charge is 2.28. The Kier molecular flexibility index (Phi) is 2.23. The number of H-pyrrole nitrogens is 1. The number of amides is 1. The SMILES string of the molecule is C#CC1CC(=O)N(Cc2ncc[nH]2)C1. The summed E-state index contributed by atoms with van der Waals surface area (Å²) in [7, 11) is 0. The fourth-order valence-electron chi connectivity index (χ4n) is 1.60. The van der Waals surface area contributed by atoms with Crippen LogP contribution in [-0.4, -0.2) is 27.3 Å². The van der Waals surface area contributed by atoms with Gasteiger partial charge in [-0.05, 0) is 0 Å². The van der Waals surface area contributed by atoms with Crippen LogP contribution >= 0.6 is 0 Å². The Balaban J connectivity index is 2.00. The first-order valence-corrected chi connectivity index (χ1v) is 4.51. The molecule has 1 atom stereocenters. The van der Waals surface area contributed by atoms with E-state index in [0.29, 0.717) is 19.5 Å². The molecule has 2 heterocycles. The number of aromatic amines is 1. The van der Waals surface area contributed by atoms with Gasteiger partial charge >= 0.3 is 0 Å². The van der Waals surface area contributed by atoms with Gasteiger partial charge in [-0.25, -0.2) is 4.98 Å². The fourth-order valence-corrected chi connectivity index (χ4v) is 1.60. The number of nitrogens with one attached hydrogen (secondary N) is 1. The third-order valence-electron chi connectivity index (χ3n) is 2.35. The van der Waals surface area contributed by atoms with Gasteiger partial charge in [0.1, 0.15) is 5.82 Å². The lowest BCUT2D eigenvalue weighted by Gasteiger charge is -2.13. The Hall–Kier alpha value is -1.76. The van der Waals surface area contributed by atoms with E-state index in [1.54, 1.807) is 17.3 Å². The number of hydrogen-bond acceptors (Lipinski definition) is 2. The summed E-state index contributed by atoms with van der Waals surface area (Å²) in [5.41, 5.74) is 0. The molecule has 1 amide bonds. The first kappa shape index (κ1) is 8.82. The van der Waals surface area contributed by atoms with Crippen molar-refractivity contribution < 1.29 is 4.79 Å². The molecule has 1 aliphatic rings. The van der Waals surface area contributed by atoms with Crippen molar-refractivity contribution in [2.75, 3.05) is 6.54 Å². The van der Waals surface area contributed by atoms with Crippen LogP contribution in [0.25, 0.3) is 0 Å². The molecule has 0 radical (unpaired) electrons. The molecule has 1 aromatic heterocycles. The molecule has 0 spiro atoms. The highest BCUT2D eigenvalue weighted by molar-refractivity contribution is 5.79. The van der Waals surface area contributed by atoms with E-state index in [2.05, 4.69) is 15.9 Å². The van der Waals surface area contributed by atoms with Gasteiger partial charge in [0.15, 0.2) is 0 Å². The highest BCUT2D eigenvalue weighted by Crippen LogP contribution is 2.17. The average molecular weight is 189 g/mol. The summed E-state index contributed by atoms with van der Waals surface area (Å²) in [6.07, 6.45) is 9.17. The van der Waals surface area contributed by atoms with Crippen LogP contribution in [0.3, 0.4) is 0 Å². The second kappa shape index (κ2) is 3.54. The molecule has 1 aromatic rings. The van der Waals surface area contributed by atoms with Crippen molar-refractivity contribution in [3.8, 4) is 12.3 Å². The Morgan fingerprint density at radius 1 is 1.79 bits per heavy atom. The zero-order valence-corrected chi connectivity index (χ0v) is 7.73. The lowest BCUT2D eigenvalue weighted by Crippen LogP contribution is -2.25. The largest absolute Gasteiger partial charge is 0.347 e. The maximum atomic E-state index is 11.5. The van der Waals surface area contributed by atoms with Crippen LogP contribution in [0.15, 0.2) is 12.4 Å². The minimum atomic E-state index is 0.0671. The second-order valence-electron chi connectivity index (χ2n) is 3.38. The number of nitrogens with zero attached hydrogens (tertiary/aromatic N) is 2. The van der Waals surface area contributed by atoms with Crippen molar-refractivity contribution in [2.24, 2.45) is 5.92 Å². The zero-order chi connectivity index (χ0) is 9.97. The monoisotopic (exact) mass is 189 g/mol. The molecule has 1 N–H and O–H groups in total. The van der Waals surface area contributed by atoms with E-state index in [0.717, 1.165) is 5.82 Å². The van der Waals surface area contributed by atoms with Crippen molar-refractivity contribution in [1.29, 1.82) is 0 Å². The summed E-state index contributed by atoms with van der Waals surface area (Å²) < 4.78 is 0. The topological polar surface area (TPSA) is 49.0 Å². The number of imidazole rings is 1. The third-order valence-corrected chi connectivity index (χ3v) is 2.35. The Labute approximate surface area is 82.3 Å². The van der Waals surface area contributed by atoms with Gasteiger partial charge in [0.05, 0.1) is 6.54 Å². The summed E-state index contributed by atoms with van der Waals surface area (Å²) in [6.45, 7) is 1.18. The number of carbonyl (C=O) groups is 1. The van der Waals surface area contributed by atoms with Gasteiger partial charge in [-0.1, -0.05) is 0 Å². The first-order valence-electron chi connectivity index (χ1n) is 4.51. The number of carbonyl (C=O) groups excluding carboxylic acids is 1. The third kappa shape index (κ3) is 1.62. The van der Waals surface area contributed by atoms with Crippen molar-refractivity contribution in [2.45, 2.75) is 13.0 Å². The van der Waals surface area contributed by atoms with Gasteiger partial charge in [-0.15, -0.1) is 12.3 Å². The molecule has 0 bridgehead atoms. The predicted octanol–water partition coefficient (Wildman–Crippen LogP) is 0.391. The summed E-state index contributed by atoms with van der Waals surface area (Å²) >= 11 is 0. The van der Waals surface area contributed by atoms with Crippen molar-refractivity contribution in [3.05, 3.63) is 18.2 Å². The van der Waals surface area contributed by atoms with E-state index in [-0.39, 0.29) is 11.8 Å². The molecule has 1 saturated heterocycles. The molecule has 1 unspecified atom stereocenters. The van der Waals surface area contributed by atoms with Crippen LogP contribution in [-0.2, 0) is 11.3 Å². The lowest BCUT2D eigenvalue weighted by molar-refractivity contribution is -0.128.